The largest absolute Gasteiger partial charge is 0.497 e. The number of ether oxygens (including phenoxy) is 2. The van der Waals surface area contributed by atoms with Gasteiger partial charge < -0.3 is 14.8 Å². The molecule has 2 aromatic carbocycles. The number of hydrogen-bond acceptors (Lipinski definition) is 5. The molecular weight excluding hydrogens is 334 g/mol. The summed E-state index contributed by atoms with van der Waals surface area (Å²) in [5, 5.41) is 11.8. The van der Waals surface area contributed by atoms with Gasteiger partial charge >= 0.3 is 0 Å². The van der Waals surface area contributed by atoms with Crippen molar-refractivity contribution in [3.63, 3.8) is 0 Å². The Morgan fingerprint density at radius 3 is 2.50 bits per heavy atom. The molecule has 0 spiro atoms. The van der Waals surface area contributed by atoms with Crippen molar-refractivity contribution in [2.24, 2.45) is 0 Å². The van der Waals surface area contributed by atoms with Crippen LogP contribution < -0.4 is 19.7 Å². The van der Waals surface area contributed by atoms with Crippen LogP contribution >= 0.6 is 0 Å². The van der Waals surface area contributed by atoms with E-state index in [1.807, 2.05) is 6.07 Å². The van der Waals surface area contributed by atoms with E-state index in [-0.39, 0.29) is 12.5 Å². The normalized spacial score (nSPS) is 9.77. The molecule has 0 aliphatic rings. The molecule has 26 heavy (non-hydrogen) atoms. The maximum atomic E-state index is 12.4. The maximum absolute atomic E-state index is 12.4. The fraction of sp³-hybridized carbons (Fsp3) is 0.211. The van der Waals surface area contributed by atoms with Crippen LogP contribution in [0.5, 0.6) is 11.5 Å². The van der Waals surface area contributed by atoms with Crippen LogP contribution in [0.1, 0.15) is 12.5 Å². The average molecular weight is 353 g/mol. The van der Waals surface area contributed by atoms with Crippen LogP contribution in [-0.2, 0) is 9.59 Å². The number of rotatable bonds is 6. The van der Waals surface area contributed by atoms with Crippen LogP contribution in [0.2, 0.25) is 0 Å². The number of nitriles is 1. The zero-order chi connectivity index (χ0) is 19.1. The summed E-state index contributed by atoms with van der Waals surface area (Å²) in [5.41, 5.74) is 1.15. The Morgan fingerprint density at radius 1 is 1.15 bits per heavy atom. The summed E-state index contributed by atoms with van der Waals surface area (Å²) >= 11 is 0. The van der Waals surface area contributed by atoms with Crippen molar-refractivity contribution in [3.8, 4) is 17.6 Å². The molecule has 0 radical (unpaired) electrons. The van der Waals surface area contributed by atoms with E-state index in [0.29, 0.717) is 28.4 Å². The van der Waals surface area contributed by atoms with Gasteiger partial charge in [-0.2, -0.15) is 5.26 Å². The fourth-order valence-electron chi connectivity index (χ4n) is 2.40. The minimum Gasteiger partial charge on any atom is -0.497 e. The average Bonchev–Trinajstić information content (AvgIpc) is 2.65. The van der Waals surface area contributed by atoms with Crippen molar-refractivity contribution in [2.45, 2.75) is 6.92 Å². The third kappa shape index (κ3) is 4.30. The van der Waals surface area contributed by atoms with Gasteiger partial charge in [0, 0.05) is 13.0 Å². The third-order valence-corrected chi connectivity index (χ3v) is 3.68. The van der Waals surface area contributed by atoms with Crippen molar-refractivity contribution >= 4 is 23.2 Å². The molecular formula is C19H19N3O4. The Balaban J connectivity index is 2.28. The van der Waals surface area contributed by atoms with E-state index in [9.17, 15) is 9.59 Å². The summed E-state index contributed by atoms with van der Waals surface area (Å²) in [6, 6.07) is 13.6. The van der Waals surface area contributed by atoms with E-state index >= 15 is 0 Å². The lowest BCUT2D eigenvalue weighted by Gasteiger charge is -2.23. The standard InChI is InChI=1S/C19H19N3O4/c1-13(23)22(17-10-15(25-2)8-9-18(17)26-3)12-19(24)21-16-7-5-4-6-14(16)11-20/h4-10H,12H2,1-3H3,(H,21,24). The van der Waals surface area contributed by atoms with Crippen molar-refractivity contribution in [1.29, 1.82) is 5.26 Å². The number of methoxy groups -OCH3 is 2. The van der Waals surface area contributed by atoms with Crippen LogP contribution in [0.25, 0.3) is 0 Å². The molecule has 0 aliphatic heterocycles. The number of hydrogen-bond donors (Lipinski definition) is 1. The van der Waals surface area contributed by atoms with E-state index < -0.39 is 5.91 Å². The van der Waals surface area contributed by atoms with Gasteiger partial charge in [0.1, 0.15) is 24.1 Å². The molecule has 7 nitrogen and oxygen atoms in total. The first-order valence-corrected chi connectivity index (χ1v) is 7.79. The predicted octanol–water partition coefficient (Wildman–Crippen LogP) is 2.57. The van der Waals surface area contributed by atoms with Gasteiger partial charge in [0.25, 0.3) is 0 Å². The first-order chi connectivity index (χ1) is 12.5. The zero-order valence-corrected chi connectivity index (χ0v) is 14.8. The highest BCUT2D eigenvalue weighted by molar-refractivity contribution is 6.03. The van der Waals surface area contributed by atoms with Crippen LogP contribution in [0.4, 0.5) is 11.4 Å². The van der Waals surface area contributed by atoms with Crippen LogP contribution in [0.15, 0.2) is 42.5 Å². The third-order valence-electron chi connectivity index (χ3n) is 3.68. The molecule has 0 unspecified atom stereocenters. The molecule has 1 N–H and O–H groups in total. The molecule has 134 valence electrons. The molecule has 2 aromatic rings. The number of carbonyl (C=O) groups excluding carboxylic acids is 2. The van der Waals surface area contributed by atoms with Crippen molar-refractivity contribution in [2.75, 3.05) is 31.0 Å². The molecule has 0 saturated heterocycles. The van der Waals surface area contributed by atoms with Gasteiger partial charge in [-0.15, -0.1) is 0 Å². The van der Waals surface area contributed by atoms with E-state index in [1.165, 1.54) is 26.0 Å². The Morgan fingerprint density at radius 2 is 1.88 bits per heavy atom. The molecule has 0 heterocycles. The van der Waals surface area contributed by atoms with Gasteiger partial charge in [0.15, 0.2) is 0 Å². The summed E-state index contributed by atoms with van der Waals surface area (Å²) in [6.07, 6.45) is 0. The van der Waals surface area contributed by atoms with Crippen molar-refractivity contribution in [1.82, 2.24) is 0 Å². The number of nitrogens with zero attached hydrogens (tertiary/aromatic N) is 2. The Bertz CT molecular complexity index is 858. The first kappa shape index (κ1) is 18.8. The van der Waals surface area contributed by atoms with Crippen molar-refractivity contribution < 1.29 is 19.1 Å². The van der Waals surface area contributed by atoms with Gasteiger partial charge in [0.2, 0.25) is 11.8 Å². The molecule has 0 fully saturated rings. The maximum Gasteiger partial charge on any atom is 0.244 e. The number of benzene rings is 2. The minimum absolute atomic E-state index is 0.237. The van der Waals surface area contributed by atoms with Gasteiger partial charge in [-0.05, 0) is 24.3 Å². The molecule has 0 saturated carbocycles. The number of amides is 2. The lowest BCUT2D eigenvalue weighted by atomic mass is 10.2. The second-order valence-corrected chi connectivity index (χ2v) is 5.35. The van der Waals surface area contributed by atoms with E-state index in [2.05, 4.69) is 5.32 Å². The highest BCUT2D eigenvalue weighted by Gasteiger charge is 2.21. The topological polar surface area (TPSA) is 91.7 Å². The zero-order valence-electron chi connectivity index (χ0n) is 14.8. The van der Waals surface area contributed by atoms with Crippen LogP contribution in [0, 0.1) is 11.3 Å². The summed E-state index contributed by atoms with van der Waals surface area (Å²) in [5.74, 6) is 0.196. The SMILES string of the molecule is COc1ccc(OC)c(N(CC(=O)Nc2ccccc2C#N)C(C)=O)c1. The molecule has 0 aliphatic carbocycles. The summed E-state index contributed by atoms with van der Waals surface area (Å²) in [6.45, 7) is 1.12. The van der Waals surface area contributed by atoms with Crippen LogP contribution in [-0.4, -0.2) is 32.6 Å². The fourth-order valence-corrected chi connectivity index (χ4v) is 2.40. The molecule has 7 heteroatoms. The van der Waals surface area contributed by atoms with Gasteiger partial charge in [-0.1, -0.05) is 12.1 Å². The number of carbonyl (C=O) groups is 2. The lowest BCUT2D eigenvalue weighted by Crippen LogP contribution is -2.37. The van der Waals surface area contributed by atoms with Gasteiger partial charge in [-0.25, -0.2) is 0 Å². The Labute approximate surface area is 151 Å². The highest BCUT2D eigenvalue weighted by atomic mass is 16.5. The minimum atomic E-state index is -0.437. The summed E-state index contributed by atoms with van der Waals surface area (Å²) < 4.78 is 10.5. The number of anilines is 2. The quantitative estimate of drug-likeness (QED) is 0.862. The predicted molar refractivity (Wildman–Crippen MR) is 97.4 cm³/mol. The first-order valence-electron chi connectivity index (χ1n) is 7.79. The van der Waals surface area contributed by atoms with Gasteiger partial charge in [0.05, 0.1) is 31.2 Å². The Kier molecular flexibility index (Phi) is 6.17. The van der Waals surface area contributed by atoms with Crippen LogP contribution in [0.3, 0.4) is 0 Å². The monoisotopic (exact) mass is 353 g/mol. The molecule has 0 bridgehead atoms. The van der Waals surface area contributed by atoms with E-state index in [1.54, 1.807) is 42.5 Å². The summed E-state index contributed by atoms with van der Waals surface area (Å²) in [7, 11) is 2.99. The Hall–Kier alpha value is -3.53. The summed E-state index contributed by atoms with van der Waals surface area (Å²) in [4.78, 5) is 25.8. The smallest absolute Gasteiger partial charge is 0.244 e. The number of para-hydroxylation sites is 1. The molecule has 2 amide bonds. The van der Waals surface area contributed by atoms with Crippen molar-refractivity contribution in [3.05, 3.63) is 48.0 Å². The second kappa shape index (κ2) is 8.53. The second-order valence-electron chi connectivity index (χ2n) is 5.35. The molecule has 0 atom stereocenters. The van der Waals surface area contributed by atoms with E-state index in [0.717, 1.165) is 0 Å². The molecule has 0 aromatic heterocycles. The van der Waals surface area contributed by atoms with Gasteiger partial charge in [-0.3, -0.25) is 14.5 Å². The lowest BCUT2D eigenvalue weighted by molar-refractivity contribution is -0.120. The molecule has 2 rings (SSSR count). The number of nitrogens with one attached hydrogen (secondary N) is 1. The van der Waals surface area contributed by atoms with E-state index in [4.69, 9.17) is 14.7 Å². The highest BCUT2D eigenvalue weighted by Crippen LogP contribution is 2.32.